The zero-order valence-corrected chi connectivity index (χ0v) is 9.61. The standard InChI is InChI=1S/C12H13NO2S/c14-9-11-5-4-10(16-11)6-8-13-7-2-1-3-12(13)15/h1-5,7,14H,6,8-9H2. The summed E-state index contributed by atoms with van der Waals surface area (Å²) in [5.41, 5.74) is 0.0291. The summed E-state index contributed by atoms with van der Waals surface area (Å²) in [6.07, 6.45) is 2.62. The first-order chi connectivity index (χ1) is 7.79. The van der Waals surface area contributed by atoms with Crippen LogP contribution in [0.1, 0.15) is 9.75 Å². The summed E-state index contributed by atoms with van der Waals surface area (Å²) in [5.74, 6) is 0. The van der Waals surface area contributed by atoms with Gasteiger partial charge in [0.2, 0.25) is 0 Å². The number of aliphatic hydroxyl groups is 1. The molecule has 0 aliphatic heterocycles. The second kappa shape index (κ2) is 5.09. The molecule has 0 aliphatic carbocycles. The minimum Gasteiger partial charge on any atom is -0.391 e. The molecule has 0 radical (unpaired) electrons. The van der Waals surface area contributed by atoms with Gasteiger partial charge in [0.15, 0.2) is 0 Å². The first kappa shape index (κ1) is 11.1. The lowest BCUT2D eigenvalue weighted by molar-refractivity contribution is 0.285. The Morgan fingerprint density at radius 2 is 2.00 bits per heavy atom. The van der Waals surface area contributed by atoms with Gasteiger partial charge in [0.05, 0.1) is 6.61 Å². The smallest absolute Gasteiger partial charge is 0.250 e. The van der Waals surface area contributed by atoms with Gasteiger partial charge in [-0.2, -0.15) is 0 Å². The molecule has 0 aliphatic rings. The van der Waals surface area contributed by atoms with Crippen LogP contribution in [0, 0.1) is 0 Å². The third-order valence-corrected chi connectivity index (χ3v) is 3.50. The molecule has 0 saturated heterocycles. The molecular formula is C12H13NO2S. The number of nitrogens with zero attached hydrogens (tertiary/aromatic N) is 1. The molecule has 84 valence electrons. The first-order valence-electron chi connectivity index (χ1n) is 5.13. The van der Waals surface area contributed by atoms with Crippen molar-refractivity contribution in [3.63, 3.8) is 0 Å². The highest BCUT2D eigenvalue weighted by Crippen LogP contribution is 2.16. The molecule has 0 fully saturated rings. The lowest BCUT2D eigenvalue weighted by Gasteiger charge is -2.02. The van der Waals surface area contributed by atoms with Crippen LogP contribution in [0.3, 0.4) is 0 Å². The van der Waals surface area contributed by atoms with Crippen molar-refractivity contribution < 1.29 is 5.11 Å². The number of rotatable bonds is 4. The number of pyridine rings is 1. The van der Waals surface area contributed by atoms with Crippen molar-refractivity contribution in [3.05, 3.63) is 56.6 Å². The molecule has 2 aromatic heterocycles. The zero-order chi connectivity index (χ0) is 11.4. The van der Waals surface area contributed by atoms with Crippen molar-refractivity contribution in [2.24, 2.45) is 0 Å². The summed E-state index contributed by atoms with van der Waals surface area (Å²) in [6.45, 7) is 0.779. The fourth-order valence-electron chi connectivity index (χ4n) is 1.52. The van der Waals surface area contributed by atoms with Crippen LogP contribution in [0.5, 0.6) is 0 Å². The highest BCUT2D eigenvalue weighted by molar-refractivity contribution is 7.11. The Morgan fingerprint density at radius 1 is 1.19 bits per heavy atom. The molecule has 2 heterocycles. The van der Waals surface area contributed by atoms with Crippen molar-refractivity contribution in [2.45, 2.75) is 19.6 Å². The van der Waals surface area contributed by atoms with Gasteiger partial charge in [-0.05, 0) is 24.6 Å². The summed E-state index contributed by atoms with van der Waals surface area (Å²) >= 11 is 1.59. The van der Waals surface area contributed by atoms with E-state index in [1.807, 2.05) is 18.2 Å². The first-order valence-corrected chi connectivity index (χ1v) is 5.95. The van der Waals surface area contributed by atoms with Crippen LogP contribution in [-0.4, -0.2) is 9.67 Å². The maximum atomic E-state index is 11.4. The van der Waals surface area contributed by atoms with Crippen molar-refractivity contribution in [3.8, 4) is 0 Å². The fraction of sp³-hybridized carbons (Fsp3) is 0.250. The fourth-order valence-corrected chi connectivity index (χ4v) is 2.38. The topological polar surface area (TPSA) is 42.2 Å². The van der Waals surface area contributed by atoms with Gasteiger partial charge in [-0.3, -0.25) is 4.79 Å². The summed E-state index contributed by atoms with van der Waals surface area (Å²) in [6, 6.07) is 9.09. The predicted octanol–water partition coefficient (Wildman–Crippen LogP) is 1.64. The summed E-state index contributed by atoms with van der Waals surface area (Å²) < 4.78 is 1.69. The highest BCUT2D eigenvalue weighted by Gasteiger charge is 2.00. The Bertz CT molecular complexity index is 515. The van der Waals surface area contributed by atoms with E-state index in [4.69, 9.17) is 5.11 Å². The van der Waals surface area contributed by atoms with E-state index >= 15 is 0 Å². The second-order valence-corrected chi connectivity index (χ2v) is 4.76. The van der Waals surface area contributed by atoms with Crippen LogP contribution in [-0.2, 0) is 19.6 Å². The highest BCUT2D eigenvalue weighted by atomic mass is 32.1. The van der Waals surface area contributed by atoms with Crippen LogP contribution in [0.2, 0.25) is 0 Å². The average molecular weight is 235 g/mol. The molecule has 0 bridgehead atoms. The minimum atomic E-state index is 0.0291. The molecule has 0 atom stereocenters. The van der Waals surface area contributed by atoms with E-state index in [0.717, 1.165) is 11.3 Å². The lowest BCUT2D eigenvalue weighted by Crippen LogP contribution is -2.18. The van der Waals surface area contributed by atoms with E-state index in [2.05, 4.69) is 0 Å². The Morgan fingerprint density at radius 3 is 2.69 bits per heavy atom. The number of aryl methyl sites for hydroxylation is 2. The summed E-state index contributed by atoms with van der Waals surface area (Å²) in [5, 5.41) is 8.94. The van der Waals surface area contributed by atoms with Crippen LogP contribution >= 0.6 is 11.3 Å². The normalized spacial score (nSPS) is 10.6. The zero-order valence-electron chi connectivity index (χ0n) is 8.80. The van der Waals surface area contributed by atoms with Crippen LogP contribution in [0.4, 0.5) is 0 Å². The maximum Gasteiger partial charge on any atom is 0.250 e. The second-order valence-electron chi connectivity index (χ2n) is 3.51. The van der Waals surface area contributed by atoms with Crippen LogP contribution in [0.15, 0.2) is 41.3 Å². The minimum absolute atomic E-state index is 0.0291. The van der Waals surface area contributed by atoms with E-state index in [1.54, 1.807) is 34.2 Å². The Kier molecular flexibility index (Phi) is 3.54. The number of hydrogen-bond acceptors (Lipinski definition) is 3. The third-order valence-electron chi connectivity index (χ3n) is 2.37. The SMILES string of the molecule is O=c1ccccn1CCc1ccc(CO)s1. The maximum absolute atomic E-state index is 11.4. The van der Waals surface area contributed by atoms with Gasteiger partial charge in [0.1, 0.15) is 0 Å². The molecule has 3 nitrogen and oxygen atoms in total. The van der Waals surface area contributed by atoms with Crippen LogP contribution < -0.4 is 5.56 Å². The van der Waals surface area contributed by atoms with Gasteiger partial charge < -0.3 is 9.67 Å². The van der Waals surface area contributed by atoms with Crippen molar-refractivity contribution in [1.29, 1.82) is 0 Å². The quantitative estimate of drug-likeness (QED) is 0.875. The number of hydrogen-bond donors (Lipinski definition) is 1. The molecule has 0 unspecified atom stereocenters. The van der Waals surface area contributed by atoms with Gasteiger partial charge >= 0.3 is 0 Å². The average Bonchev–Trinajstić information content (AvgIpc) is 2.76. The molecule has 2 aromatic rings. The molecular weight excluding hydrogens is 222 g/mol. The number of aliphatic hydroxyl groups excluding tert-OH is 1. The molecule has 4 heteroatoms. The van der Waals surface area contributed by atoms with Gasteiger partial charge in [-0.15, -0.1) is 11.3 Å². The van der Waals surface area contributed by atoms with Gasteiger partial charge in [0.25, 0.3) is 5.56 Å². The Hall–Kier alpha value is -1.39. The van der Waals surface area contributed by atoms with E-state index in [1.165, 1.54) is 4.88 Å². The Labute approximate surface area is 97.6 Å². The molecule has 16 heavy (non-hydrogen) atoms. The monoisotopic (exact) mass is 235 g/mol. The van der Waals surface area contributed by atoms with Gasteiger partial charge in [-0.25, -0.2) is 0 Å². The van der Waals surface area contributed by atoms with E-state index in [9.17, 15) is 4.79 Å². The lowest BCUT2D eigenvalue weighted by atomic mass is 10.3. The molecule has 1 N–H and O–H groups in total. The van der Waals surface area contributed by atoms with Crippen molar-refractivity contribution in [2.75, 3.05) is 0 Å². The van der Waals surface area contributed by atoms with E-state index < -0.39 is 0 Å². The molecule has 0 aromatic carbocycles. The Balaban J connectivity index is 2.02. The van der Waals surface area contributed by atoms with Gasteiger partial charge in [0, 0.05) is 28.6 Å². The molecule has 0 saturated carbocycles. The molecule has 0 amide bonds. The largest absolute Gasteiger partial charge is 0.391 e. The van der Waals surface area contributed by atoms with E-state index in [-0.39, 0.29) is 12.2 Å². The summed E-state index contributed by atoms with van der Waals surface area (Å²) in [4.78, 5) is 13.6. The van der Waals surface area contributed by atoms with Crippen molar-refractivity contribution >= 4 is 11.3 Å². The number of thiophene rings is 1. The summed E-state index contributed by atoms with van der Waals surface area (Å²) in [7, 11) is 0. The molecule has 2 rings (SSSR count). The predicted molar refractivity (Wildman–Crippen MR) is 64.6 cm³/mol. The van der Waals surface area contributed by atoms with Crippen LogP contribution in [0.25, 0.3) is 0 Å². The molecule has 0 spiro atoms. The third kappa shape index (κ3) is 2.59. The number of aromatic nitrogens is 1. The van der Waals surface area contributed by atoms with Gasteiger partial charge in [-0.1, -0.05) is 6.07 Å². The van der Waals surface area contributed by atoms with E-state index in [0.29, 0.717) is 6.54 Å². The van der Waals surface area contributed by atoms with Crippen molar-refractivity contribution in [1.82, 2.24) is 4.57 Å².